The van der Waals surface area contributed by atoms with Crippen molar-refractivity contribution >= 4 is 17.3 Å². The molecule has 0 aliphatic rings. The number of rotatable bonds is 5. The molecule has 0 radical (unpaired) electrons. The number of thiophene rings is 1. The molecule has 0 spiro atoms. The lowest BCUT2D eigenvalue weighted by atomic mass is 10.1. The van der Waals surface area contributed by atoms with Crippen LogP contribution in [0.25, 0.3) is 0 Å². The van der Waals surface area contributed by atoms with Gasteiger partial charge in [-0.1, -0.05) is 30.3 Å². The minimum absolute atomic E-state index is 0.244. The van der Waals surface area contributed by atoms with E-state index in [0.29, 0.717) is 11.4 Å². The van der Waals surface area contributed by atoms with E-state index in [0.717, 1.165) is 10.4 Å². The summed E-state index contributed by atoms with van der Waals surface area (Å²) in [4.78, 5) is 12.4. The Balaban J connectivity index is 2.01. The number of hydrogen-bond donors (Lipinski definition) is 2. The van der Waals surface area contributed by atoms with Crippen LogP contribution in [0.5, 0.6) is 0 Å². The van der Waals surface area contributed by atoms with Gasteiger partial charge in [-0.2, -0.15) is 0 Å². The summed E-state index contributed by atoms with van der Waals surface area (Å²) in [5, 5.41) is 12.4. The Morgan fingerprint density at radius 1 is 1.37 bits per heavy atom. The third-order valence-electron chi connectivity index (χ3n) is 3.13. The zero-order valence-electron chi connectivity index (χ0n) is 11.0. The van der Waals surface area contributed by atoms with Crippen molar-refractivity contribution in [2.75, 3.05) is 0 Å². The minimum atomic E-state index is -0.851. The quantitative estimate of drug-likeness (QED) is 0.876. The fourth-order valence-corrected chi connectivity index (χ4v) is 2.80. The van der Waals surface area contributed by atoms with Gasteiger partial charge >= 0.3 is 5.97 Å². The third-order valence-corrected chi connectivity index (χ3v) is 4.21. The number of aryl methyl sites for hydroxylation is 1. The first-order chi connectivity index (χ1) is 9.08. The fourth-order valence-electron chi connectivity index (χ4n) is 1.92. The molecule has 4 heteroatoms. The molecule has 0 aliphatic heterocycles. The van der Waals surface area contributed by atoms with E-state index in [9.17, 15) is 4.79 Å². The van der Waals surface area contributed by atoms with Gasteiger partial charge in [-0.05, 0) is 31.0 Å². The summed E-state index contributed by atoms with van der Waals surface area (Å²) in [5.41, 5.74) is 2.29. The molecule has 3 nitrogen and oxygen atoms in total. The predicted molar refractivity (Wildman–Crippen MR) is 77.7 cm³/mol. The molecule has 1 atom stereocenters. The maximum absolute atomic E-state index is 10.9. The van der Waals surface area contributed by atoms with Crippen LogP contribution in [-0.2, 0) is 6.54 Å². The molecule has 0 saturated heterocycles. The molecule has 1 aromatic heterocycles. The molecule has 1 heterocycles. The Kier molecular flexibility index (Phi) is 4.35. The van der Waals surface area contributed by atoms with Gasteiger partial charge in [0, 0.05) is 17.5 Å². The summed E-state index contributed by atoms with van der Waals surface area (Å²) in [6.45, 7) is 4.75. The van der Waals surface area contributed by atoms with Gasteiger partial charge < -0.3 is 10.4 Å². The molecule has 0 amide bonds. The summed E-state index contributed by atoms with van der Waals surface area (Å²) in [6, 6.07) is 12.2. The van der Waals surface area contributed by atoms with Crippen molar-refractivity contribution in [1.29, 1.82) is 0 Å². The molecule has 2 N–H and O–H groups in total. The minimum Gasteiger partial charge on any atom is -0.477 e. The largest absolute Gasteiger partial charge is 0.477 e. The van der Waals surface area contributed by atoms with E-state index in [2.05, 4.69) is 24.4 Å². The van der Waals surface area contributed by atoms with Crippen LogP contribution in [0.3, 0.4) is 0 Å². The van der Waals surface area contributed by atoms with Crippen LogP contribution in [0.15, 0.2) is 36.4 Å². The summed E-state index contributed by atoms with van der Waals surface area (Å²) in [5.74, 6) is -0.851. The highest BCUT2D eigenvalue weighted by Gasteiger charge is 2.12. The molecular formula is C15H17NO2S. The smallest absolute Gasteiger partial charge is 0.345 e. The second kappa shape index (κ2) is 5.99. The molecular weight excluding hydrogens is 258 g/mol. The van der Waals surface area contributed by atoms with E-state index in [-0.39, 0.29) is 6.04 Å². The van der Waals surface area contributed by atoms with Gasteiger partial charge in [0.1, 0.15) is 4.88 Å². The second-order valence-corrected chi connectivity index (χ2v) is 5.77. The van der Waals surface area contributed by atoms with Crippen LogP contribution in [0.1, 0.15) is 38.6 Å². The summed E-state index contributed by atoms with van der Waals surface area (Å²) >= 11 is 1.33. The third kappa shape index (κ3) is 3.43. The maximum Gasteiger partial charge on any atom is 0.345 e. The zero-order valence-corrected chi connectivity index (χ0v) is 11.8. The number of benzene rings is 1. The average Bonchev–Trinajstić information content (AvgIpc) is 2.79. The van der Waals surface area contributed by atoms with Crippen molar-refractivity contribution in [2.24, 2.45) is 0 Å². The maximum atomic E-state index is 10.9. The lowest BCUT2D eigenvalue weighted by molar-refractivity contribution is 0.0702. The first kappa shape index (κ1) is 13.8. The monoisotopic (exact) mass is 275 g/mol. The molecule has 0 fully saturated rings. The Hall–Kier alpha value is -1.65. The summed E-state index contributed by atoms with van der Waals surface area (Å²) in [6.07, 6.45) is 0. The van der Waals surface area contributed by atoms with Crippen molar-refractivity contribution in [2.45, 2.75) is 26.4 Å². The van der Waals surface area contributed by atoms with Crippen LogP contribution < -0.4 is 5.32 Å². The van der Waals surface area contributed by atoms with Crippen molar-refractivity contribution in [1.82, 2.24) is 5.32 Å². The van der Waals surface area contributed by atoms with E-state index >= 15 is 0 Å². The molecule has 2 rings (SSSR count). The van der Waals surface area contributed by atoms with Crippen LogP contribution in [0.4, 0.5) is 0 Å². The molecule has 0 saturated carbocycles. The van der Waals surface area contributed by atoms with Gasteiger partial charge in [0.2, 0.25) is 0 Å². The number of carboxylic acids is 1. The summed E-state index contributed by atoms with van der Waals surface area (Å²) in [7, 11) is 0. The normalized spacial score (nSPS) is 12.3. The standard InChI is InChI=1S/C15H17NO2S/c1-10(12-6-4-3-5-7-12)16-9-13-8-14(15(17)18)19-11(13)2/h3-8,10,16H,9H2,1-2H3,(H,17,18). The van der Waals surface area contributed by atoms with Crippen molar-refractivity contribution in [3.05, 3.63) is 57.3 Å². The van der Waals surface area contributed by atoms with Crippen molar-refractivity contribution in [3.63, 3.8) is 0 Å². The Morgan fingerprint density at radius 3 is 2.63 bits per heavy atom. The highest BCUT2D eigenvalue weighted by molar-refractivity contribution is 7.14. The van der Waals surface area contributed by atoms with Crippen LogP contribution in [0.2, 0.25) is 0 Å². The van der Waals surface area contributed by atoms with Gasteiger partial charge in [-0.25, -0.2) is 4.79 Å². The van der Waals surface area contributed by atoms with E-state index < -0.39 is 5.97 Å². The van der Waals surface area contributed by atoms with Crippen LogP contribution >= 0.6 is 11.3 Å². The van der Waals surface area contributed by atoms with Crippen molar-refractivity contribution in [3.8, 4) is 0 Å². The lowest BCUT2D eigenvalue weighted by Crippen LogP contribution is -2.18. The van der Waals surface area contributed by atoms with Gasteiger partial charge in [0.05, 0.1) is 0 Å². The van der Waals surface area contributed by atoms with Crippen molar-refractivity contribution < 1.29 is 9.90 Å². The van der Waals surface area contributed by atoms with E-state index in [1.54, 1.807) is 6.07 Å². The van der Waals surface area contributed by atoms with E-state index in [1.807, 2.05) is 25.1 Å². The second-order valence-electron chi connectivity index (χ2n) is 4.51. The van der Waals surface area contributed by atoms with Gasteiger partial charge in [-0.3, -0.25) is 0 Å². The number of nitrogens with one attached hydrogen (secondary N) is 1. The lowest BCUT2D eigenvalue weighted by Gasteiger charge is -2.13. The highest BCUT2D eigenvalue weighted by atomic mass is 32.1. The fraction of sp³-hybridized carbons (Fsp3) is 0.267. The van der Waals surface area contributed by atoms with Gasteiger partial charge in [-0.15, -0.1) is 11.3 Å². The molecule has 2 aromatic rings. The number of hydrogen-bond acceptors (Lipinski definition) is 3. The molecule has 0 bridgehead atoms. The Bertz CT molecular complexity index is 563. The average molecular weight is 275 g/mol. The topological polar surface area (TPSA) is 49.3 Å². The Labute approximate surface area is 116 Å². The van der Waals surface area contributed by atoms with Crippen LogP contribution in [-0.4, -0.2) is 11.1 Å². The highest BCUT2D eigenvalue weighted by Crippen LogP contribution is 2.22. The molecule has 1 aromatic carbocycles. The van der Waals surface area contributed by atoms with Crippen LogP contribution in [0, 0.1) is 6.92 Å². The molecule has 0 aliphatic carbocycles. The Morgan fingerprint density at radius 2 is 2.05 bits per heavy atom. The summed E-state index contributed by atoms with van der Waals surface area (Å²) < 4.78 is 0. The number of carbonyl (C=O) groups is 1. The molecule has 1 unspecified atom stereocenters. The zero-order chi connectivity index (χ0) is 13.8. The van der Waals surface area contributed by atoms with E-state index in [4.69, 9.17) is 5.11 Å². The SMILES string of the molecule is Cc1sc(C(=O)O)cc1CNC(C)c1ccccc1. The van der Waals surface area contributed by atoms with Gasteiger partial charge in [0.25, 0.3) is 0 Å². The molecule has 19 heavy (non-hydrogen) atoms. The number of aromatic carboxylic acids is 1. The molecule has 100 valence electrons. The first-order valence-corrected chi connectivity index (χ1v) is 7.00. The first-order valence-electron chi connectivity index (χ1n) is 6.19. The van der Waals surface area contributed by atoms with Gasteiger partial charge in [0.15, 0.2) is 0 Å². The predicted octanol–water partition coefficient (Wildman–Crippen LogP) is 3.61. The van der Waals surface area contributed by atoms with E-state index in [1.165, 1.54) is 16.9 Å². The number of carboxylic acid groups (broad SMARTS) is 1.